The molecule has 1 N–H and O–H groups in total. The van der Waals surface area contributed by atoms with Crippen molar-refractivity contribution in [2.24, 2.45) is 0 Å². The summed E-state index contributed by atoms with van der Waals surface area (Å²) in [7, 11) is 0. The Hall–Kier alpha value is -0.985. The van der Waals surface area contributed by atoms with Gasteiger partial charge < -0.3 is 5.32 Å². The molecule has 0 aliphatic carbocycles. The highest BCUT2D eigenvalue weighted by molar-refractivity contribution is 5.75. The lowest BCUT2D eigenvalue weighted by Crippen LogP contribution is -2.03. The molecule has 3 heteroatoms. The normalized spacial score (nSPS) is 13.1. The molecule has 80 valence electrons. The lowest BCUT2D eigenvalue weighted by Gasteiger charge is -2.04. The van der Waals surface area contributed by atoms with Crippen LogP contribution in [0.15, 0.2) is 36.2 Å². The van der Waals surface area contributed by atoms with Crippen molar-refractivity contribution in [2.45, 2.75) is 32.6 Å². The molecule has 0 aromatic rings. The smallest absolute Gasteiger partial charge is 0.0814 e. The van der Waals surface area contributed by atoms with E-state index in [9.17, 15) is 0 Å². The minimum atomic E-state index is 0. The Balaban J connectivity index is 0. The van der Waals surface area contributed by atoms with E-state index in [0.717, 1.165) is 0 Å². The van der Waals surface area contributed by atoms with Crippen molar-refractivity contribution < 1.29 is 4.70 Å². The van der Waals surface area contributed by atoms with E-state index in [1.54, 1.807) is 0 Å². The van der Waals surface area contributed by atoms with Crippen molar-refractivity contribution in [1.29, 1.82) is 0 Å². The molecule has 0 atom stereocenters. The zero-order valence-electron chi connectivity index (χ0n) is 8.12. The van der Waals surface area contributed by atoms with Crippen molar-refractivity contribution in [3.8, 4) is 0 Å². The summed E-state index contributed by atoms with van der Waals surface area (Å²) in [6.07, 6.45) is 15.4. The van der Waals surface area contributed by atoms with E-state index in [2.05, 4.69) is 24.4 Å². The summed E-state index contributed by atoms with van der Waals surface area (Å²) in [6, 6.07) is 0. The molecular formula is C11H21BFN. The molecule has 0 saturated heterocycles. The van der Waals surface area contributed by atoms with Gasteiger partial charge in [-0.3, -0.25) is 4.70 Å². The third-order valence-electron chi connectivity index (χ3n) is 1.93. The van der Waals surface area contributed by atoms with Crippen LogP contribution in [0.25, 0.3) is 0 Å². The first-order valence-corrected chi connectivity index (χ1v) is 4.72. The molecule has 1 rings (SSSR count). The zero-order chi connectivity index (χ0) is 8.65. The molecule has 1 aliphatic rings. The highest BCUT2D eigenvalue weighted by atomic mass is 19.0. The lowest BCUT2D eigenvalue weighted by molar-refractivity contribution is 0.696. The summed E-state index contributed by atoms with van der Waals surface area (Å²) in [6.45, 7) is 2.23. The Morgan fingerprint density at radius 1 is 1.14 bits per heavy atom. The van der Waals surface area contributed by atoms with Crippen LogP contribution in [0.4, 0.5) is 4.70 Å². The van der Waals surface area contributed by atoms with Gasteiger partial charge in [-0.05, 0) is 25.0 Å². The minimum absolute atomic E-state index is 0. The van der Waals surface area contributed by atoms with Crippen LogP contribution in [-0.4, -0.2) is 8.41 Å². The predicted molar refractivity (Wildman–Crippen MR) is 66.1 cm³/mol. The van der Waals surface area contributed by atoms with Gasteiger partial charge in [0.2, 0.25) is 0 Å². The first kappa shape index (κ1) is 15.5. The van der Waals surface area contributed by atoms with Gasteiger partial charge in [0.1, 0.15) is 0 Å². The van der Waals surface area contributed by atoms with Gasteiger partial charge >= 0.3 is 0 Å². The third-order valence-corrected chi connectivity index (χ3v) is 1.93. The Morgan fingerprint density at radius 3 is 2.64 bits per heavy atom. The first-order valence-electron chi connectivity index (χ1n) is 4.72. The van der Waals surface area contributed by atoms with Gasteiger partial charge in [-0.2, -0.15) is 0 Å². The summed E-state index contributed by atoms with van der Waals surface area (Å²) in [5.41, 5.74) is 1.33. The van der Waals surface area contributed by atoms with Crippen molar-refractivity contribution >= 4 is 8.41 Å². The van der Waals surface area contributed by atoms with Gasteiger partial charge in [0.25, 0.3) is 0 Å². The predicted octanol–water partition coefficient (Wildman–Crippen LogP) is 2.09. The average Bonchev–Trinajstić information content (AvgIpc) is 2.33. The van der Waals surface area contributed by atoms with Crippen LogP contribution >= 0.6 is 0 Å². The second kappa shape index (κ2) is 10.1. The Labute approximate surface area is 87.9 Å². The van der Waals surface area contributed by atoms with Crippen LogP contribution in [0.5, 0.6) is 0 Å². The number of nitrogens with one attached hydrogen (secondary N) is 1. The van der Waals surface area contributed by atoms with Crippen molar-refractivity contribution in [1.82, 2.24) is 5.32 Å². The van der Waals surface area contributed by atoms with Crippen LogP contribution in [0.1, 0.15) is 32.6 Å². The van der Waals surface area contributed by atoms with Crippen LogP contribution in [0.3, 0.4) is 0 Å². The van der Waals surface area contributed by atoms with Crippen molar-refractivity contribution in [3.63, 3.8) is 0 Å². The summed E-state index contributed by atoms with van der Waals surface area (Å²) < 4.78 is 0. The molecule has 1 nitrogen and oxygen atoms in total. The first-order chi connectivity index (χ1) is 5.93. The van der Waals surface area contributed by atoms with Gasteiger partial charge in [0.15, 0.2) is 0 Å². The molecule has 0 amide bonds. The summed E-state index contributed by atoms with van der Waals surface area (Å²) in [5.74, 6) is 0. The highest BCUT2D eigenvalue weighted by Gasteiger charge is 1.93. The molecule has 1 heterocycles. The van der Waals surface area contributed by atoms with E-state index in [1.807, 2.05) is 18.4 Å². The molecular weight excluding hydrogens is 176 g/mol. The monoisotopic (exact) mass is 197 g/mol. The maximum absolute atomic E-state index is 3.26. The Bertz CT molecular complexity index is 209. The number of halogens is 1. The van der Waals surface area contributed by atoms with Crippen LogP contribution in [0.2, 0.25) is 0 Å². The van der Waals surface area contributed by atoms with E-state index < -0.39 is 0 Å². The molecule has 14 heavy (non-hydrogen) atoms. The number of hydrogen-bond acceptors (Lipinski definition) is 1. The molecule has 1 aliphatic heterocycles. The van der Waals surface area contributed by atoms with Gasteiger partial charge in [-0.15, -0.1) is 0 Å². The van der Waals surface area contributed by atoms with E-state index in [0.29, 0.717) is 0 Å². The second-order valence-corrected chi connectivity index (χ2v) is 3.04. The largest absolute Gasteiger partial charge is 0.365 e. The van der Waals surface area contributed by atoms with Gasteiger partial charge in [-0.1, -0.05) is 31.9 Å². The molecule has 0 saturated carbocycles. The molecule has 0 bridgehead atoms. The maximum Gasteiger partial charge on any atom is 0.0814 e. The van der Waals surface area contributed by atoms with Gasteiger partial charge in [0.05, 0.1) is 8.41 Å². The highest BCUT2D eigenvalue weighted by Crippen LogP contribution is 2.07. The fourth-order valence-corrected chi connectivity index (χ4v) is 1.22. The number of hydrogen-bond donors (Lipinski definition) is 1. The zero-order valence-corrected chi connectivity index (χ0v) is 8.12. The van der Waals surface area contributed by atoms with Crippen molar-refractivity contribution in [2.75, 3.05) is 0 Å². The number of unbranched alkanes of at least 4 members (excludes halogenated alkanes) is 2. The molecule has 0 aromatic carbocycles. The fraction of sp³-hybridized carbons (Fsp3) is 0.455. The van der Waals surface area contributed by atoms with E-state index in [-0.39, 0.29) is 13.1 Å². The molecule has 0 spiro atoms. The summed E-state index contributed by atoms with van der Waals surface area (Å²) in [4.78, 5) is 0. The fourth-order valence-electron chi connectivity index (χ4n) is 1.22. The van der Waals surface area contributed by atoms with Crippen LogP contribution < -0.4 is 5.32 Å². The Morgan fingerprint density at radius 2 is 1.93 bits per heavy atom. The quantitative estimate of drug-likeness (QED) is 0.537. The third kappa shape index (κ3) is 6.52. The lowest BCUT2D eigenvalue weighted by atomic mass is 10.1. The number of rotatable bonds is 4. The van der Waals surface area contributed by atoms with Gasteiger partial charge in [0, 0.05) is 11.9 Å². The topological polar surface area (TPSA) is 12.0 Å². The minimum Gasteiger partial charge on any atom is -0.365 e. The van der Waals surface area contributed by atoms with Crippen LogP contribution in [-0.2, 0) is 0 Å². The maximum atomic E-state index is 3.26. The van der Waals surface area contributed by atoms with E-state index >= 15 is 0 Å². The average molecular weight is 197 g/mol. The molecule has 0 radical (unpaired) electrons. The van der Waals surface area contributed by atoms with Crippen LogP contribution in [0, 0.1) is 0 Å². The van der Waals surface area contributed by atoms with E-state index in [4.69, 9.17) is 0 Å². The van der Waals surface area contributed by atoms with E-state index in [1.165, 1.54) is 31.4 Å². The standard InChI is InChI=1S/C11H17N.BH3.FH/c1-2-3-5-8-11-9-6-4-7-10-12-11;;/h4,6-7,9-10,12H,2-3,5,8H2,1H3;1H3;1H. The Kier molecular flexibility index (Phi) is 11.2. The molecule has 0 aromatic heterocycles. The SMILES string of the molecule is B.CCCCCC1=CC=CC=CN1.F. The summed E-state index contributed by atoms with van der Waals surface area (Å²) >= 11 is 0. The van der Waals surface area contributed by atoms with Gasteiger partial charge in [-0.25, -0.2) is 0 Å². The molecule has 0 unspecified atom stereocenters. The van der Waals surface area contributed by atoms with Crippen molar-refractivity contribution in [3.05, 3.63) is 36.2 Å². The molecule has 0 fully saturated rings. The number of allylic oxidation sites excluding steroid dienone is 5. The second-order valence-electron chi connectivity index (χ2n) is 3.04. The summed E-state index contributed by atoms with van der Waals surface area (Å²) in [5, 5.41) is 3.26.